The van der Waals surface area contributed by atoms with Gasteiger partial charge in [-0.2, -0.15) is 5.10 Å². The zero-order chi connectivity index (χ0) is 10.7. The van der Waals surface area contributed by atoms with Gasteiger partial charge >= 0.3 is 0 Å². The van der Waals surface area contributed by atoms with Crippen LogP contribution in [0.15, 0.2) is 6.08 Å². The minimum atomic E-state index is -1.19. The van der Waals surface area contributed by atoms with Crippen molar-refractivity contribution in [2.45, 2.75) is 27.3 Å². The van der Waals surface area contributed by atoms with Crippen LogP contribution in [0.2, 0.25) is 0 Å². The van der Waals surface area contributed by atoms with E-state index in [4.69, 9.17) is 0 Å². The van der Waals surface area contributed by atoms with Gasteiger partial charge in [0.25, 0.3) is 0 Å². The van der Waals surface area contributed by atoms with Gasteiger partial charge in [0.05, 0.1) is 11.7 Å². The summed E-state index contributed by atoms with van der Waals surface area (Å²) in [6, 6.07) is 0. The number of hydrogen-bond acceptors (Lipinski definition) is 3. The second kappa shape index (κ2) is 4.09. The minimum Gasteiger partial charge on any atom is -0.545 e. The summed E-state index contributed by atoms with van der Waals surface area (Å²) in [7, 11) is 0. The summed E-state index contributed by atoms with van der Waals surface area (Å²) in [5, 5.41) is 14.5. The quantitative estimate of drug-likeness (QED) is 0.648. The normalized spacial score (nSPS) is 11.1. The maximum Gasteiger partial charge on any atom is 0.0668 e. The van der Waals surface area contributed by atoms with Crippen LogP contribution >= 0.6 is 0 Å². The Labute approximate surface area is 82.9 Å². The molecule has 0 saturated heterocycles. The summed E-state index contributed by atoms with van der Waals surface area (Å²) in [5.74, 6) is -1.19. The molecule has 0 fully saturated rings. The van der Waals surface area contributed by atoms with Gasteiger partial charge in [-0.05, 0) is 32.9 Å². The first kappa shape index (κ1) is 10.5. The van der Waals surface area contributed by atoms with Gasteiger partial charge in [0, 0.05) is 17.8 Å². The van der Waals surface area contributed by atoms with Gasteiger partial charge in [-0.25, -0.2) is 0 Å². The van der Waals surface area contributed by atoms with Crippen molar-refractivity contribution < 1.29 is 9.90 Å². The summed E-state index contributed by atoms with van der Waals surface area (Å²) in [5.41, 5.74) is 2.67. The molecule has 1 heterocycles. The molecule has 14 heavy (non-hydrogen) atoms. The smallest absolute Gasteiger partial charge is 0.0668 e. The lowest BCUT2D eigenvalue weighted by Crippen LogP contribution is -2.18. The van der Waals surface area contributed by atoms with Crippen LogP contribution in [0, 0.1) is 13.8 Å². The SMILES string of the molecule is CCn1nc(C)c(/C=C/C(=O)[O-])c1C. The fourth-order valence-corrected chi connectivity index (χ4v) is 1.41. The summed E-state index contributed by atoms with van der Waals surface area (Å²) in [6.45, 7) is 6.55. The zero-order valence-corrected chi connectivity index (χ0v) is 8.57. The van der Waals surface area contributed by atoms with Gasteiger partial charge in [-0.15, -0.1) is 0 Å². The average Bonchev–Trinajstić information content (AvgIpc) is 2.39. The Morgan fingerprint density at radius 1 is 1.57 bits per heavy atom. The first-order valence-corrected chi connectivity index (χ1v) is 4.49. The van der Waals surface area contributed by atoms with Gasteiger partial charge in [0.15, 0.2) is 0 Å². The summed E-state index contributed by atoms with van der Waals surface area (Å²) >= 11 is 0. The van der Waals surface area contributed by atoms with E-state index in [0.29, 0.717) is 0 Å². The molecule has 0 atom stereocenters. The predicted molar refractivity (Wildman–Crippen MR) is 51.4 cm³/mol. The van der Waals surface area contributed by atoms with E-state index in [1.54, 1.807) is 0 Å². The van der Waals surface area contributed by atoms with E-state index in [0.717, 1.165) is 29.6 Å². The van der Waals surface area contributed by atoms with E-state index in [1.807, 2.05) is 25.5 Å². The van der Waals surface area contributed by atoms with Crippen molar-refractivity contribution >= 4 is 12.0 Å². The Kier molecular flexibility index (Phi) is 3.06. The van der Waals surface area contributed by atoms with Gasteiger partial charge in [-0.1, -0.05) is 0 Å². The van der Waals surface area contributed by atoms with Gasteiger partial charge in [0.2, 0.25) is 0 Å². The van der Waals surface area contributed by atoms with Crippen LogP contribution < -0.4 is 5.11 Å². The number of carboxylic acids is 1. The van der Waals surface area contributed by atoms with Crippen molar-refractivity contribution in [3.63, 3.8) is 0 Å². The number of rotatable bonds is 3. The molecule has 0 unspecified atom stereocenters. The first-order chi connectivity index (χ1) is 6.56. The molecule has 0 aliphatic rings. The van der Waals surface area contributed by atoms with Crippen LogP contribution in [0.25, 0.3) is 6.08 Å². The molecule has 0 aliphatic carbocycles. The highest BCUT2D eigenvalue weighted by Gasteiger charge is 2.06. The van der Waals surface area contributed by atoms with Crippen molar-refractivity contribution in [1.82, 2.24) is 9.78 Å². The number of aliphatic carboxylic acids is 1. The monoisotopic (exact) mass is 193 g/mol. The third-order valence-corrected chi connectivity index (χ3v) is 2.12. The van der Waals surface area contributed by atoms with Crippen molar-refractivity contribution in [3.8, 4) is 0 Å². The molecule has 0 radical (unpaired) electrons. The highest BCUT2D eigenvalue weighted by atomic mass is 16.4. The largest absolute Gasteiger partial charge is 0.545 e. The molecule has 0 amide bonds. The lowest BCUT2D eigenvalue weighted by molar-refractivity contribution is -0.297. The van der Waals surface area contributed by atoms with Crippen LogP contribution in [0.1, 0.15) is 23.9 Å². The summed E-state index contributed by atoms with van der Waals surface area (Å²) < 4.78 is 1.84. The fourth-order valence-electron chi connectivity index (χ4n) is 1.41. The highest BCUT2D eigenvalue weighted by molar-refractivity contribution is 5.84. The molecule has 1 aromatic heterocycles. The Morgan fingerprint density at radius 3 is 2.64 bits per heavy atom. The molecule has 0 saturated carbocycles. The highest BCUT2D eigenvalue weighted by Crippen LogP contribution is 2.14. The van der Waals surface area contributed by atoms with Crippen molar-refractivity contribution in [2.75, 3.05) is 0 Å². The second-order valence-electron chi connectivity index (χ2n) is 3.05. The number of hydrogen-bond donors (Lipinski definition) is 0. The molecule has 1 aromatic rings. The second-order valence-corrected chi connectivity index (χ2v) is 3.05. The predicted octanol–water partition coefficient (Wildman–Crippen LogP) is 0.283. The van der Waals surface area contributed by atoms with E-state index in [-0.39, 0.29) is 0 Å². The van der Waals surface area contributed by atoms with E-state index >= 15 is 0 Å². The van der Waals surface area contributed by atoms with Crippen molar-refractivity contribution in [1.29, 1.82) is 0 Å². The van der Waals surface area contributed by atoms with Crippen molar-refractivity contribution in [3.05, 3.63) is 23.0 Å². The molecule has 76 valence electrons. The lowest BCUT2D eigenvalue weighted by Gasteiger charge is -1.98. The third kappa shape index (κ3) is 2.02. The Bertz CT molecular complexity index is 378. The van der Waals surface area contributed by atoms with Crippen LogP contribution in [-0.2, 0) is 11.3 Å². The molecule has 4 nitrogen and oxygen atoms in total. The molecule has 1 rings (SSSR count). The third-order valence-electron chi connectivity index (χ3n) is 2.12. The van der Waals surface area contributed by atoms with E-state index in [2.05, 4.69) is 5.10 Å². The number of carboxylic acid groups (broad SMARTS) is 1. The topological polar surface area (TPSA) is 58.0 Å². The number of nitrogens with zero attached hydrogens (tertiary/aromatic N) is 2. The van der Waals surface area contributed by atoms with Crippen LogP contribution in [0.4, 0.5) is 0 Å². The first-order valence-electron chi connectivity index (χ1n) is 4.49. The van der Waals surface area contributed by atoms with Crippen LogP contribution in [0.3, 0.4) is 0 Å². The molecule has 0 aromatic carbocycles. The van der Waals surface area contributed by atoms with Gasteiger partial charge in [-0.3, -0.25) is 4.68 Å². The van der Waals surface area contributed by atoms with E-state index in [1.165, 1.54) is 6.08 Å². The fraction of sp³-hybridized carbons (Fsp3) is 0.400. The lowest BCUT2D eigenvalue weighted by atomic mass is 10.2. The van der Waals surface area contributed by atoms with Crippen molar-refractivity contribution in [2.24, 2.45) is 0 Å². The number of carbonyl (C=O) groups is 1. The number of carbonyl (C=O) groups excluding carboxylic acids is 1. The molecule has 0 bridgehead atoms. The molecule has 0 N–H and O–H groups in total. The zero-order valence-electron chi connectivity index (χ0n) is 8.57. The van der Waals surface area contributed by atoms with Gasteiger partial charge < -0.3 is 9.90 Å². The van der Waals surface area contributed by atoms with E-state index in [9.17, 15) is 9.90 Å². The molecular formula is C10H13N2O2-. The van der Waals surface area contributed by atoms with E-state index < -0.39 is 5.97 Å². The molecule has 0 spiro atoms. The average molecular weight is 193 g/mol. The van der Waals surface area contributed by atoms with Gasteiger partial charge in [0.1, 0.15) is 0 Å². The molecular weight excluding hydrogens is 180 g/mol. The molecule has 0 aliphatic heterocycles. The summed E-state index contributed by atoms with van der Waals surface area (Å²) in [6.07, 6.45) is 2.55. The summed E-state index contributed by atoms with van der Waals surface area (Å²) in [4.78, 5) is 10.2. The maximum atomic E-state index is 10.2. The Hall–Kier alpha value is -1.58. The Morgan fingerprint density at radius 2 is 2.21 bits per heavy atom. The van der Waals surface area contributed by atoms with Crippen LogP contribution in [0.5, 0.6) is 0 Å². The standard InChI is InChI=1S/C10H14N2O2/c1-4-12-8(3)9(7(2)11-12)5-6-10(13)14/h5-6H,4H2,1-3H3,(H,13,14)/p-1/b6-5+. The Balaban J connectivity index is 3.08. The maximum absolute atomic E-state index is 10.2. The minimum absolute atomic E-state index is 0.784. The number of aryl methyl sites for hydroxylation is 2. The molecule has 4 heteroatoms. The van der Waals surface area contributed by atoms with Crippen LogP contribution in [-0.4, -0.2) is 15.7 Å². The number of aromatic nitrogens is 2.